The molecule has 0 aliphatic heterocycles. The Hall–Kier alpha value is -2.04. The topological polar surface area (TPSA) is 73.3 Å². The number of pyridine rings is 1. The highest BCUT2D eigenvalue weighted by molar-refractivity contribution is 7.09. The Bertz CT molecular complexity index is 996. The van der Waals surface area contributed by atoms with Gasteiger partial charge in [0.25, 0.3) is 0 Å². The predicted octanol–water partition coefficient (Wildman–Crippen LogP) is 3.65. The Morgan fingerprint density at radius 1 is 1.64 bits per heavy atom. The van der Waals surface area contributed by atoms with Crippen molar-refractivity contribution in [1.82, 2.24) is 4.98 Å². The average Bonchev–Trinajstić information content (AvgIpc) is 3.24. The SMILES string of the molecule is [2H]C([2H])([2H])OC[C@H](N)Cc1oc2c(NCc3cccs3)cc(Cl)nc2c1C#C. The van der Waals surface area contributed by atoms with Crippen molar-refractivity contribution < 1.29 is 13.3 Å². The molecule has 0 aliphatic rings. The fourth-order valence-electron chi connectivity index (χ4n) is 2.50. The van der Waals surface area contributed by atoms with E-state index in [4.69, 9.17) is 37.0 Å². The lowest BCUT2D eigenvalue weighted by Gasteiger charge is -2.08. The second-order valence-corrected chi connectivity index (χ2v) is 6.84. The van der Waals surface area contributed by atoms with E-state index in [1.165, 1.54) is 0 Å². The molecule has 0 fully saturated rings. The summed E-state index contributed by atoms with van der Waals surface area (Å²) in [5, 5.41) is 5.56. The van der Waals surface area contributed by atoms with Crippen molar-refractivity contribution >= 4 is 39.7 Å². The molecular formula is C18H18ClN3O2S. The first-order chi connectivity index (χ1) is 13.3. The summed E-state index contributed by atoms with van der Waals surface area (Å²) >= 11 is 7.79. The molecule has 0 aromatic carbocycles. The summed E-state index contributed by atoms with van der Waals surface area (Å²) < 4.78 is 32.0. The van der Waals surface area contributed by atoms with Gasteiger partial charge in [-0.05, 0) is 11.4 Å². The van der Waals surface area contributed by atoms with Crippen LogP contribution < -0.4 is 11.1 Å². The maximum absolute atomic E-state index is 7.10. The first kappa shape index (κ1) is 14.2. The van der Waals surface area contributed by atoms with Crippen LogP contribution in [0.15, 0.2) is 28.0 Å². The molecule has 0 aliphatic carbocycles. The molecular weight excluding hydrogens is 358 g/mol. The van der Waals surface area contributed by atoms with Crippen molar-refractivity contribution in [3.63, 3.8) is 0 Å². The van der Waals surface area contributed by atoms with Crippen molar-refractivity contribution in [3.8, 4) is 12.3 Å². The molecule has 3 heterocycles. The van der Waals surface area contributed by atoms with Gasteiger partial charge in [-0.25, -0.2) is 4.98 Å². The number of aromatic nitrogens is 1. The van der Waals surface area contributed by atoms with Gasteiger partial charge in [0.2, 0.25) is 0 Å². The Labute approximate surface area is 159 Å². The van der Waals surface area contributed by atoms with Crippen LogP contribution >= 0.6 is 22.9 Å². The highest BCUT2D eigenvalue weighted by Crippen LogP contribution is 2.33. The summed E-state index contributed by atoms with van der Waals surface area (Å²) in [7, 11) is -2.51. The van der Waals surface area contributed by atoms with Crippen LogP contribution in [0.25, 0.3) is 11.1 Å². The van der Waals surface area contributed by atoms with Gasteiger partial charge in [-0.1, -0.05) is 23.6 Å². The second-order valence-electron chi connectivity index (χ2n) is 5.42. The summed E-state index contributed by atoms with van der Waals surface area (Å²) in [6, 6.07) is 5.05. The third-order valence-electron chi connectivity index (χ3n) is 3.61. The van der Waals surface area contributed by atoms with Crippen LogP contribution in [-0.4, -0.2) is 24.7 Å². The lowest BCUT2D eigenvalue weighted by Crippen LogP contribution is -2.28. The fourth-order valence-corrected chi connectivity index (χ4v) is 3.34. The Balaban J connectivity index is 1.87. The number of nitrogens with zero attached hydrogens (tertiary/aromatic N) is 1. The molecule has 3 aromatic rings. The fraction of sp³-hybridized carbons (Fsp3) is 0.278. The van der Waals surface area contributed by atoms with Gasteiger partial charge in [0.05, 0.1) is 22.0 Å². The van der Waals surface area contributed by atoms with E-state index >= 15 is 0 Å². The maximum atomic E-state index is 7.10. The third-order valence-corrected chi connectivity index (χ3v) is 4.68. The maximum Gasteiger partial charge on any atom is 0.177 e. The minimum Gasteiger partial charge on any atom is -0.456 e. The molecule has 0 amide bonds. The molecule has 0 spiro atoms. The number of rotatable bonds is 7. The lowest BCUT2D eigenvalue weighted by molar-refractivity contribution is 0.178. The number of hydrogen-bond donors (Lipinski definition) is 2. The van der Waals surface area contributed by atoms with Gasteiger partial charge in [0.15, 0.2) is 5.58 Å². The van der Waals surface area contributed by atoms with Gasteiger partial charge in [-0.2, -0.15) is 0 Å². The van der Waals surface area contributed by atoms with Crippen LogP contribution in [-0.2, 0) is 17.7 Å². The highest BCUT2D eigenvalue weighted by atomic mass is 35.5. The number of terminal acetylenes is 1. The van der Waals surface area contributed by atoms with Crippen molar-refractivity contribution in [2.75, 3.05) is 19.0 Å². The normalized spacial score (nSPS) is 14.5. The van der Waals surface area contributed by atoms with E-state index in [-0.39, 0.29) is 18.2 Å². The quantitative estimate of drug-likeness (QED) is 0.485. The zero-order valence-electron chi connectivity index (χ0n) is 16.2. The molecule has 0 bridgehead atoms. The monoisotopic (exact) mass is 378 g/mol. The highest BCUT2D eigenvalue weighted by Gasteiger charge is 2.20. The van der Waals surface area contributed by atoms with Gasteiger partial charge < -0.3 is 20.2 Å². The summed E-state index contributed by atoms with van der Waals surface area (Å²) in [6.07, 6.45) is 5.86. The van der Waals surface area contributed by atoms with E-state index in [1.807, 2.05) is 17.5 Å². The Morgan fingerprint density at radius 3 is 3.24 bits per heavy atom. The van der Waals surface area contributed by atoms with Crippen LogP contribution in [0.2, 0.25) is 5.15 Å². The molecule has 7 heteroatoms. The molecule has 5 nitrogen and oxygen atoms in total. The zero-order valence-corrected chi connectivity index (χ0v) is 14.8. The Morgan fingerprint density at radius 2 is 2.52 bits per heavy atom. The summed E-state index contributed by atoms with van der Waals surface area (Å²) in [5.74, 6) is 3.01. The number of halogens is 1. The van der Waals surface area contributed by atoms with Crippen molar-refractivity contribution in [1.29, 1.82) is 0 Å². The first-order valence-corrected chi connectivity index (χ1v) is 8.77. The number of nitrogens with one attached hydrogen (secondary N) is 1. The van der Waals surface area contributed by atoms with Gasteiger partial charge in [-0.3, -0.25) is 0 Å². The number of fused-ring (bicyclic) bond motifs is 1. The van der Waals surface area contributed by atoms with Crippen LogP contribution in [0.3, 0.4) is 0 Å². The van der Waals surface area contributed by atoms with E-state index in [0.717, 1.165) is 4.88 Å². The first-order valence-electron chi connectivity index (χ1n) is 9.01. The summed E-state index contributed by atoms with van der Waals surface area (Å²) in [4.78, 5) is 5.44. The molecule has 130 valence electrons. The van der Waals surface area contributed by atoms with Gasteiger partial charge in [0, 0.05) is 37.0 Å². The number of anilines is 1. The molecule has 3 aromatic heterocycles. The molecule has 3 rings (SSSR count). The van der Waals surface area contributed by atoms with E-state index in [0.29, 0.717) is 34.7 Å². The van der Waals surface area contributed by atoms with Gasteiger partial charge in [0.1, 0.15) is 16.4 Å². The van der Waals surface area contributed by atoms with Gasteiger partial charge >= 0.3 is 0 Å². The minimum atomic E-state index is -2.51. The number of ether oxygens (including phenoxy) is 1. The second kappa shape index (κ2) is 7.89. The number of methoxy groups -OCH3 is 1. The summed E-state index contributed by atoms with van der Waals surface area (Å²) in [6.45, 7) is 0.440. The van der Waals surface area contributed by atoms with E-state index < -0.39 is 13.1 Å². The predicted molar refractivity (Wildman–Crippen MR) is 102 cm³/mol. The zero-order chi connectivity index (χ0) is 20.3. The number of thiophene rings is 1. The Kier molecular flexibility index (Phi) is 4.47. The van der Waals surface area contributed by atoms with Crippen molar-refractivity contribution in [3.05, 3.63) is 44.9 Å². The summed E-state index contributed by atoms with van der Waals surface area (Å²) in [5.41, 5.74) is 8.04. The van der Waals surface area contributed by atoms with Crippen molar-refractivity contribution in [2.24, 2.45) is 5.73 Å². The molecule has 0 unspecified atom stereocenters. The number of nitrogens with two attached hydrogens (primary N) is 1. The molecule has 0 saturated carbocycles. The standard InChI is InChI=1S/C18H18ClN3O2S/c1-3-13-15(7-11(20)10-23-2)24-18-14(8-16(19)22-17(13)18)21-9-12-5-4-6-25-12/h1,4-6,8,11H,7,9-10,20H2,2H3,(H,21,22)/t11-/m1/s1/i2D3. The van der Waals surface area contributed by atoms with E-state index in [1.54, 1.807) is 17.4 Å². The van der Waals surface area contributed by atoms with Crippen LogP contribution in [0.4, 0.5) is 5.69 Å². The van der Waals surface area contributed by atoms with Crippen molar-refractivity contribution in [2.45, 2.75) is 19.0 Å². The smallest absolute Gasteiger partial charge is 0.177 e. The lowest BCUT2D eigenvalue weighted by atomic mass is 10.1. The molecule has 1 atom stereocenters. The average molecular weight is 379 g/mol. The number of furan rings is 1. The van der Waals surface area contributed by atoms with Crippen LogP contribution in [0.1, 0.15) is 20.3 Å². The molecule has 25 heavy (non-hydrogen) atoms. The number of hydrogen-bond acceptors (Lipinski definition) is 6. The van der Waals surface area contributed by atoms with Crippen LogP contribution in [0.5, 0.6) is 0 Å². The molecule has 0 saturated heterocycles. The van der Waals surface area contributed by atoms with Crippen LogP contribution in [0, 0.1) is 12.3 Å². The molecule has 3 N–H and O–H groups in total. The largest absolute Gasteiger partial charge is 0.456 e. The molecule has 0 radical (unpaired) electrons. The van der Waals surface area contributed by atoms with E-state index in [2.05, 4.69) is 16.2 Å². The van der Waals surface area contributed by atoms with E-state index in [9.17, 15) is 0 Å². The van der Waals surface area contributed by atoms with Gasteiger partial charge in [-0.15, -0.1) is 17.8 Å². The third kappa shape index (κ3) is 3.97. The minimum absolute atomic E-state index is 0.158.